The Kier molecular flexibility index (Phi) is 5.19. The second-order valence-electron chi connectivity index (χ2n) is 6.84. The van der Waals surface area contributed by atoms with E-state index < -0.39 is 0 Å². The Balaban J connectivity index is 1.54. The molecule has 1 saturated heterocycles. The van der Waals surface area contributed by atoms with Crippen molar-refractivity contribution in [1.29, 1.82) is 0 Å². The Morgan fingerprint density at radius 2 is 1.50 bits per heavy atom. The summed E-state index contributed by atoms with van der Waals surface area (Å²) < 4.78 is 0. The summed E-state index contributed by atoms with van der Waals surface area (Å²) in [6.45, 7) is 10.5. The van der Waals surface area contributed by atoms with Gasteiger partial charge in [0.05, 0.1) is 19.3 Å². The molecule has 2 aromatic rings. The highest BCUT2D eigenvalue weighted by atomic mass is 15.5. The number of hydrogen-bond donors (Lipinski definition) is 0. The quantitative estimate of drug-likeness (QED) is 0.783. The molecule has 3 nitrogen and oxygen atoms in total. The van der Waals surface area contributed by atoms with E-state index >= 15 is 0 Å². The van der Waals surface area contributed by atoms with Gasteiger partial charge in [-0.3, -0.25) is 5.01 Å². The largest absolute Gasteiger partial charge is 0.368 e. The van der Waals surface area contributed by atoms with Crippen LogP contribution in [0.3, 0.4) is 0 Å². The van der Waals surface area contributed by atoms with Crippen molar-refractivity contribution in [2.75, 3.05) is 31.1 Å². The summed E-state index contributed by atoms with van der Waals surface area (Å²) in [4.78, 5) is 2.43. The van der Waals surface area contributed by atoms with Crippen molar-refractivity contribution in [3.8, 4) is 0 Å². The first-order valence-corrected chi connectivity index (χ1v) is 8.82. The molecule has 1 heterocycles. The third-order valence-corrected chi connectivity index (χ3v) is 4.63. The monoisotopic (exact) mass is 321 g/mol. The fourth-order valence-electron chi connectivity index (χ4n) is 2.94. The smallest absolute Gasteiger partial charge is 0.0542 e. The zero-order valence-electron chi connectivity index (χ0n) is 14.9. The molecule has 3 rings (SSSR count). The third kappa shape index (κ3) is 4.16. The molecule has 0 aromatic heterocycles. The number of benzene rings is 2. The molecule has 2 aromatic carbocycles. The molecule has 0 aliphatic carbocycles. The van der Waals surface area contributed by atoms with Crippen LogP contribution in [0.2, 0.25) is 0 Å². The Labute approximate surface area is 145 Å². The first-order chi connectivity index (χ1) is 11.6. The fourth-order valence-corrected chi connectivity index (χ4v) is 2.94. The zero-order chi connectivity index (χ0) is 16.9. The second kappa shape index (κ2) is 7.52. The van der Waals surface area contributed by atoms with Gasteiger partial charge in [-0.05, 0) is 36.1 Å². The third-order valence-electron chi connectivity index (χ3n) is 4.63. The summed E-state index contributed by atoms with van der Waals surface area (Å²) >= 11 is 0. The van der Waals surface area contributed by atoms with Crippen LogP contribution in [0.4, 0.5) is 5.69 Å². The van der Waals surface area contributed by atoms with Crippen molar-refractivity contribution in [2.24, 2.45) is 5.10 Å². The lowest BCUT2D eigenvalue weighted by atomic mass is 10.0. The van der Waals surface area contributed by atoms with Crippen molar-refractivity contribution in [3.05, 3.63) is 65.2 Å². The Morgan fingerprint density at radius 1 is 0.875 bits per heavy atom. The molecular weight excluding hydrogens is 294 g/mol. The van der Waals surface area contributed by atoms with Crippen LogP contribution in [-0.2, 0) is 0 Å². The summed E-state index contributed by atoms with van der Waals surface area (Å²) in [6.07, 6.45) is 1.98. The molecule has 24 heavy (non-hydrogen) atoms. The highest BCUT2D eigenvalue weighted by Gasteiger charge is 2.15. The lowest BCUT2D eigenvalue weighted by Crippen LogP contribution is -2.44. The van der Waals surface area contributed by atoms with Crippen LogP contribution in [0.5, 0.6) is 0 Å². The molecule has 0 atom stereocenters. The van der Waals surface area contributed by atoms with Crippen LogP contribution in [0.25, 0.3) is 0 Å². The standard InChI is InChI=1S/C21H27N3/c1-17(2)20-8-6-19(7-9-20)16-22-24-14-12-23(13-15-24)21-10-4-18(3)5-11-21/h4-11,16-17H,12-15H2,1-3H3/b22-16+. The van der Waals surface area contributed by atoms with Crippen molar-refractivity contribution in [3.63, 3.8) is 0 Å². The molecule has 1 aliphatic rings. The van der Waals surface area contributed by atoms with Crippen molar-refractivity contribution < 1.29 is 0 Å². The second-order valence-corrected chi connectivity index (χ2v) is 6.84. The van der Waals surface area contributed by atoms with Crippen molar-refractivity contribution >= 4 is 11.9 Å². The summed E-state index contributed by atoms with van der Waals surface area (Å²) in [6, 6.07) is 17.5. The van der Waals surface area contributed by atoms with E-state index in [4.69, 9.17) is 0 Å². The molecule has 0 N–H and O–H groups in total. The molecular formula is C21H27N3. The maximum absolute atomic E-state index is 4.65. The summed E-state index contributed by atoms with van der Waals surface area (Å²) in [5.41, 5.74) is 5.17. The normalized spacial score (nSPS) is 15.5. The van der Waals surface area contributed by atoms with E-state index in [0.717, 1.165) is 26.2 Å². The van der Waals surface area contributed by atoms with Gasteiger partial charge in [0.1, 0.15) is 0 Å². The molecule has 0 spiro atoms. The molecule has 126 valence electrons. The first-order valence-electron chi connectivity index (χ1n) is 8.82. The zero-order valence-corrected chi connectivity index (χ0v) is 14.9. The molecule has 0 radical (unpaired) electrons. The maximum atomic E-state index is 4.65. The maximum Gasteiger partial charge on any atom is 0.0542 e. The van der Waals surface area contributed by atoms with Gasteiger partial charge < -0.3 is 4.90 Å². The molecule has 0 amide bonds. The molecule has 0 saturated carbocycles. The minimum atomic E-state index is 0.575. The lowest BCUT2D eigenvalue weighted by molar-refractivity contribution is 0.272. The predicted molar refractivity (Wildman–Crippen MR) is 103 cm³/mol. The van der Waals surface area contributed by atoms with Gasteiger partial charge in [0.25, 0.3) is 0 Å². The highest BCUT2D eigenvalue weighted by Crippen LogP contribution is 2.17. The molecule has 1 aliphatic heterocycles. The van der Waals surface area contributed by atoms with E-state index in [-0.39, 0.29) is 0 Å². The SMILES string of the molecule is Cc1ccc(N2CCN(/N=C/c3ccc(C(C)C)cc3)CC2)cc1. The van der Waals surface area contributed by atoms with E-state index in [1.165, 1.54) is 22.4 Å². The number of anilines is 1. The van der Waals surface area contributed by atoms with Crippen molar-refractivity contribution in [1.82, 2.24) is 5.01 Å². The van der Waals surface area contributed by atoms with Gasteiger partial charge in [0, 0.05) is 18.8 Å². The minimum Gasteiger partial charge on any atom is -0.368 e. The van der Waals surface area contributed by atoms with Gasteiger partial charge in [-0.25, -0.2) is 0 Å². The first kappa shape index (κ1) is 16.6. The predicted octanol–water partition coefficient (Wildman–Crippen LogP) is 4.27. The van der Waals surface area contributed by atoms with Crippen LogP contribution < -0.4 is 4.90 Å². The Bertz CT molecular complexity index is 663. The number of nitrogens with zero attached hydrogens (tertiary/aromatic N) is 3. The van der Waals surface area contributed by atoms with Crippen LogP contribution in [0.1, 0.15) is 36.5 Å². The number of hydrazone groups is 1. The number of piperazine rings is 1. The van der Waals surface area contributed by atoms with Crippen molar-refractivity contribution in [2.45, 2.75) is 26.7 Å². The van der Waals surface area contributed by atoms with Gasteiger partial charge in [-0.2, -0.15) is 5.10 Å². The Hall–Kier alpha value is -2.29. The molecule has 1 fully saturated rings. The van der Waals surface area contributed by atoms with E-state index in [1.807, 2.05) is 6.21 Å². The van der Waals surface area contributed by atoms with E-state index in [1.54, 1.807) is 0 Å². The average molecular weight is 321 g/mol. The minimum absolute atomic E-state index is 0.575. The van der Waals surface area contributed by atoms with Crippen LogP contribution in [-0.4, -0.2) is 37.4 Å². The summed E-state index contributed by atoms with van der Waals surface area (Å²) in [7, 11) is 0. The number of hydrogen-bond acceptors (Lipinski definition) is 3. The topological polar surface area (TPSA) is 18.8 Å². The molecule has 3 heteroatoms. The van der Waals surface area contributed by atoms with Gasteiger partial charge in [0.2, 0.25) is 0 Å². The number of rotatable bonds is 4. The molecule has 0 bridgehead atoms. The van der Waals surface area contributed by atoms with E-state index in [9.17, 15) is 0 Å². The van der Waals surface area contributed by atoms with E-state index in [2.05, 4.69) is 84.3 Å². The average Bonchev–Trinajstić information content (AvgIpc) is 2.61. The van der Waals surface area contributed by atoms with Gasteiger partial charge in [-0.15, -0.1) is 0 Å². The van der Waals surface area contributed by atoms with Crippen LogP contribution in [0.15, 0.2) is 53.6 Å². The van der Waals surface area contributed by atoms with Crippen LogP contribution in [0, 0.1) is 6.92 Å². The number of aryl methyl sites for hydroxylation is 1. The highest BCUT2D eigenvalue weighted by molar-refractivity contribution is 5.79. The van der Waals surface area contributed by atoms with Gasteiger partial charge in [-0.1, -0.05) is 55.8 Å². The summed E-state index contributed by atoms with van der Waals surface area (Å²) in [5, 5.41) is 6.82. The van der Waals surface area contributed by atoms with E-state index in [0.29, 0.717) is 5.92 Å². The fraction of sp³-hybridized carbons (Fsp3) is 0.381. The van der Waals surface area contributed by atoms with Crippen LogP contribution >= 0.6 is 0 Å². The van der Waals surface area contributed by atoms with Gasteiger partial charge >= 0.3 is 0 Å². The van der Waals surface area contributed by atoms with Gasteiger partial charge in [0.15, 0.2) is 0 Å². The lowest BCUT2D eigenvalue weighted by Gasteiger charge is -2.34. The summed E-state index contributed by atoms with van der Waals surface area (Å²) in [5.74, 6) is 0.575. The Morgan fingerprint density at radius 3 is 2.08 bits per heavy atom. The molecule has 0 unspecified atom stereocenters.